The first-order valence-electron chi connectivity index (χ1n) is 5.58. The molecule has 92 valence electrons. The van der Waals surface area contributed by atoms with E-state index in [0.717, 1.165) is 5.56 Å². The number of primary amides is 1. The fourth-order valence-corrected chi connectivity index (χ4v) is 1.93. The Morgan fingerprint density at radius 1 is 1.41 bits per heavy atom. The molecule has 2 N–H and O–H groups in total. The van der Waals surface area contributed by atoms with E-state index in [9.17, 15) is 4.79 Å². The molecule has 1 saturated heterocycles. The van der Waals surface area contributed by atoms with Gasteiger partial charge in [-0.25, -0.2) is 9.97 Å². The zero-order valence-electron chi connectivity index (χ0n) is 9.80. The van der Waals surface area contributed by atoms with E-state index in [0.29, 0.717) is 32.1 Å². The number of hydrogen-bond donors (Lipinski definition) is 1. The van der Waals surface area contributed by atoms with E-state index in [4.69, 9.17) is 10.5 Å². The van der Waals surface area contributed by atoms with Crippen molar-refractivity contribution in [2.45, 2.75) is 13.0 Å². The minimum absolute atomic E-state index is 0.376. The van der Waals surface area contributed by atoms with Crippen molar-refractivity contribution in [2.24, 2.45) is 5.73 Å². The Balaban J connectivity index is 2.21. The lowest BCUT2D eigenvalue weighted by atomic mass is 10.1. The second-order valence-electron chi connectivity index (χ2n) is 4.02. The van der Waals surface area contributed by atoms with E-state index < -0.39 is 6.04 Å². The van der Waals surface area contributed by atoms with Gasteiger partial charge >= 0.3 is 0 Å². The van der Waals surface area contributed by atoms with E-state index >= 15 is 0 Å². The largest absolute Gasteiger partial charge is 0.379 e. The van der Waals surface area contributed by atoms with Crippen LogP contribution in [0.4, 0.5) is 0 Å². The maximum atomic E-state index is 11.6. The molecule has 0 aliphatic carbocycles. The number of nitrogens with zero attached hydrogens (tertiary/aromatic N) is 3. The Morgan fingerprint density at radius 2 is 2.00 bits per heavy atom. The van der Waals surface area contributed by atoms with Crippen molar-refractivity contribution in [1.29, 1.82) is 0 Å². The van der Waals surface area contributed by atoms with E-state index in [2.05, 4.69) is 9.97 Å². The molecule has 1 aromatic rings. The number of aromatic nitrogens is 2. The van der Waals surface area contributed by atoms with Gasteiger partial charge in [0, 0.05) is 31.0 Å². The molecule has 6 nitrogen and oxygen atoms in total. The molecule has 1 aliphatic heterocycles. The smallest absolute Gasteiger partial charge is 0.239 e. The molecule has 1 aromatic heterocycles. The standard InChI is InChI=1S/C11H16N4O2/c1-8-13-6-9(7-14-8)10(11(12)16)15-2-4-17-5-3-15/h6-7,10H,2-5H2,1H3,(H2,12,16)/t10-/m1/s1. The highest BCUT2D eigenvalue weighted by molar-refractivity contribution is 5.81. The quantitative estimate of drug-likeness (QED) is 0.775. The molecule has 0 saturated carbocycles. The third kappa shape index (κ3) is 2.78. The summed E-state index contributed by atoms with van der Waals surface area (Å²) < 4.78 is 5.26. The van der Waals surface area contributed by atoms with Gasteiger partial charge in [0.15, 0.2) is 0 Å². The Bertz CT molecular complexity index is 387. The predicted molar refractivity (Wildman–Crippen MR) is 61.1 cm³/mol. The summed E-state index contributed by atoms with van der Waals surface area (Å²) in [7, 11) is 0. The van der Waals surface area contributed by atoms with Gasteiger partial charge in [0.25, 0.3) is 0 Å². The minimum Gasteiger partial charge on any atom is -0.379 e. The topological polar surface area (TPSA) is 81.3 Å². The van der Waals surface area contributed by atoms with E-state index in [1.165, 1.54) is 0 Å². The molecule has 1 amide bonds. The molecule has 0 radical (unpaired) electrons. The number of aryl methyl sites for hydroxylation is 1. The van der Waals surface area contributed by atoms with Crippen LogP contribution in [0.15, 0.2) is 12.4 Å². The van der Waals surface area contributed by atoms with Crippen molar-refractivity contribution in [1.82, 2.24) is 14.9 Å². The van der Waals surface area contributed by atoms with Gasteiger partial charge in [-0.2, -0.15) is 0 Å². The number of amides is 1. The lowest BCUT2D eigenvalue weighted by Gasteiger charge is -2.32. The van der Waals surface area contributed by atoms with Gasteiger partial charge in [-0.3, -0.25) is 9.69 Å². The summed E-state index contributed by atoms with van der Waals surface area (Å²) in [6, 6.07) is -0.459. The van der Waals surface area contributed by atoms with Crippen LogP contribution in [0.5, 0.6) is 0 Å². The first-order chi connectivity index (χ1) is 8.18. The van der Waals surface area contributed by atoms with Crippen LogP contribution >= 0.6 is 0 Å². The second-order valence-corrected chi connectivity index (χ2v) is 4.02. The van der Waals surface area contributed by atoms with E-state index in [1.807, 2.05) is 4.90 Å². The van der Waals surface area contributed by atoms with Crippen LogP contribution in [0, 0.1) is 6.92 Å². The van der Waals surface area contributed by atoms with Crippen LogP contribution in [0.1, 0.15) is 17.4 Å². The Morgan fingerprint density at radius 3 is 2.53 bits per heavy atom. The SMILES string of the molecule is Cc1ncc([C@H](C(N)=O)N2CCOCC2)cn1. The van der Waals surface area contributed by atoms with Gasteiger partial charge in [0.2, 0.25) is 5.91 Å². The van der Waals surface area contributed by atoms with Crippen LogP contribution < -0.4 is 5.73 Å². The number of carbonyl (C=O) groups is 1. The van der Waals surface area contributed by atoms with Crippen LogP contribution in [0.25, 0.3) is 0 Å². The summed E-state index contributed by atoms with van der Waals surface area (Å²) in [4.78, 5) is 21.8. The number of ether oxygens (including phenoxy) is 1. The molecule has 0 aromatic carbocycles. The van der Waals surface area contributed by atoms with E-state index in [-0.39, 0.29) is 5.91 Å². The first kappa shape index (κ1) is 11.9. The average Bonchev–Trinajstić information content (AvgIpc) is 2.33. The third-order valence-electron chi connectivity index (χ3n) is 2.80. The Kier molecular flexibility index (Phi) is 3.65. The summed E-state index contributed by atoms with van der Waals surface area (Å²) in [6.07, 6.45) is 3.32. The predicted octanol–water partition coefficient (Wildman–Crippen LogP) is -0.356. The molecule has 17 heavy (non-hydrogen) atoms. The zero-order valence-corrected chi connectivity index (χ0v) is 9.80. The van der Waals surface area contributed by atoms with Gasteiger partial charge in [-0.1, -0.05) is 0 Å². The Hall–Kier alpha value is -1.53. The van der Waals surface area contributed by atoms with Crippen LogP contribution in [0.3, 0.4) is 0 Å². The summed E-state index contributed by atoms with van der Waals surface area (Å²) in [6.45, 7) is 4.44. The van der Waals surface area contributed by atoms with Crippen molar-refractivity contribution < 1.29 is 9.53 Å². The maximum absolute atomic E-state index is 11.6. The van der Waals surface area contributed by atoms with Crippen LogP contribution in [-0.2, 0) is 9.53 Å². The van der Waals surface area contributed by atoms with Crippen molar-refractivity contribution in [3.63, 3.8) is 0 Å². The molecule has 0 bridgehead atoms. The maximum Gasteiger partial charge on any atom is 0.239 e. The minimum atomic E-state index is -0.459. The molecule has 2 rings (SSSR count). The monoisotopic (exact) mass is 236 g/mol. The van der Waals surface area contributed by atoms with E-state index in [1.54, 1.807) is 19.3 Å². The first-order valence-corrected chi connectivity index (χ1v) is 5.58. The normalized spacial score (nSPS) is 18.9. The Labute approximate surface area is 99.8 Å². The van der Waals surface area contributed by atoms with Crippen molar-refractivity contribution in [3.05, 3.63) is 23.8 Å². The number of morpholine rings is 1. The summed E-state index contributed by atoms with van der Waals surface area (Å²) in [5.41, 5.74) is 6.20. The number of carbonyl (C=O) groups excluding carboxylic acids is 1. The fraction of sp³-hybridized carbons (Fsp3) is 0.545. The third-order valence-corrected chi connectivity index (χ3v) is 2.80. The molecular formula is C11H16N4O2. The van der Waals surface area contributed by atoms with Crippen molar-refractivity contribution in [2.75, 3.05) is 26.3 Å². The second kappa shape index (κ2) is 5.20. The molecule has 1 fully saturated rings. The highest BCUT2D eigenvalue weighted by atomic mass is 16.5. The van der Waals surface area contributed by atoms with Crippen molar-refractivity contribution >= 4 is 5.91 Å². The summed E-state index contributed by atoms with van der Waals surface area (Å²) in [5.74, 6) is 0.304. The van der Waals surface area contributed by atoms with Gasteiger partial charge in [-0.05, 0) is 6.92 Å². The molecule has 0 unspecified atom stereocenters. The molecule has 2 heterocycles. The lowest BCUT2D eigenvalue weighted by Crippen LogP contribution is -2.44. The molecule has 1 aliphatic rings. The average molecular weight is 236 g/mol. The molecular weight excluding hydrogens is 220 g/mol. The fourth-order valence-electron chi connectivity index (χ4n) is 1.93. The number of nitrogens with two attached hydrogens (primary N) is 1. The van der Waals surface area contributed by atoms with Crippen LogP contribution in [-0.4, -0.2) is 47.1 Å². The zero-order chi connectivity index (χ0) is 12.3. The lowest BCUT2D eigenvalue weighted by molar-refractivity contribution is -0.125. The summed E-state index contributed by atoms with van der Waals surface area (Å²) >= 11 is 0. The van der Waals surface area contributed by atoms with Gasteiger partial charge < -0.3 is 10.5 Å². The molecule has 6 heteroatoms. The molecule has 1 atom stereocenters. The van der Waals surface area contributed by atoms with Crippen LogP contribution in [0.2, 0.25) is 0 Å². The van der Waals surface area contributed by atoms with Gasteiger partial charge in [-0.15, -0.1) is 0 Å². The molecule has 0 spiro atoms. The highest BCUT2D eigenvalue weighted by Gasteiger charge is 2.27. The van der Waals surface area contributed by atoms with Crippen molar-refractivity contribution in [3.8, 4) is 0 Å². The number of rotatable bonds is 3. The summed E-state index contributed by atoms with van der Waals surface area (Å²) in [5, 5.41) is 0. The number of hydrogen-bond acceptors (Lipinski definition) is 5. The van der Waals surface area contributed by atoms with Gasteiger partial charge in [0.1, 0.15) is 11.9 Å². The van der Waals surface area contributed by atoms with Gasteiger partial charge in [0.05, 0.1) is 13.2 Å². The highest BCUT2D eigenvalue weighted by Crippen LogP contribution is 2.20.